The Morgan fingerprint density at radius 1 is 1.38 bits per heavy atom. The Labute approximate surface area is 122 Å². The van der Waals surface area contributed by atoms with Crippen LogP contribution in [0.5, 0.6) is 0 Å². The second kappa shape index (κ2) is 4.91. The summed E-state index contributed by atoms with van der Waals surface area (Å²) in [6, 6.07) is 9.40. The van der Waals surface area contributed by atoms with Crippen LogP contribution in [0.3, 0.4) is 0 Å². The molecule has 0 bridgehead atoms. The molecule has 1 aliphatic carbocycles. The lowest BCUT2D eigenvalue weighted by atomic mass is 9.59. The topological polar surface area (TPSA) is 66.8 Å². The summed E-state index contributed by atoms with van der Waals surface area (Å²) in [5.41, 5.74) is 0.976. The SMILES string of the molecule is C=C1C[C@@]2(C(=O)O)CN(C(=O)OCc3ccccc3)C[C@@H]12. The van der Waals surface area contributed by atoms with Gasteiger partial charge in [-0.2, -0.15) is 0 Å². The first kappa shape index (κ1) is 13.7. The number of hydrogen-bond acceptors (Lipinski definition) is 3. The number of fused-ring (bicyclic) bond motifs is 1. The Balaban J connectivity index is 1.62. The van der Waals surface area contributed by atoms with Gasteiger partial charge in [0.15, 0.2) is 0 Å². The van der Waals surface area contributed by atoms with Crippen LogP contribution < -0.4 is 0 Å². The lowest BCUT2D eigenvalue weighted by Crippen LogP contribution is -2.47. The van der Waals surface area contributed by atoms with Gasteiger partial charge in [-0.05, 0) is 12.0 Å². The van der Waals surface area contributed by atoms with E-state index in [0.717, 1.165) is 11.1 Å². The summed E-state index contributed by atoms with van der Waals surface area (Å²) in [7, 11) is 0. The van der Waals surface area contributed by atoms with Gasteiger partial charge in [0.05, 0.1) is 5.41 Å². The normalized spacial score (nSPS) is 27.0. The van der Waals surface area contributed by atoms with E-state index in [4.69, 9.17) is 4.74 Å². The zero-order chi connectivity index (χ0) is 15.0. The van der Waals surface area contributed by atoms with Crippen molar-refractivity contribution in [2.75, 3.05) is 13.1 Å². The highest BCUT2D eigenvalue weighted by molar-refractivity contribution is 5.81. The third kappa shape index (κ3) is 2.18. The highest BCUT2D eigenvalue weighted by Gasteiger charge is 2.61. The fourth-order valence-corrected chi connectivity index (χ4v) is 3.25. The number of likely N-dealkylation sites (tertiary alicyclic amines) is 1. The van der Waals surface area contributed by atoms with Gasteiger partial charge in [-0.15, -0.1) is 0 Å². The average Bonchev–Trinajstić information content (AvgIpc) is 2.80. The summed E-state index contributed by atoms with van der Waals surface area (Å²) in [5.74, 6) is -0.988. The van der Waals surface area contributed by atoms with Crippen molar-refractivity contribution in [3.05, 3.63) is 48.0 Å². The van der Waals surface area contributed by atoms with Gasteiger partial charge in [0.2, 0.25) is 0 Å². The fraction of sp³-hybridized carbons (Fsp3) is 0.375. The van der Waals surface area contributed by atoms with Gasteiger partial charge in [0, 0.05) is 19.0 Å². The Kier molecular flexibility index (Phi) is 3.20. The van der Waals surface area contributed by atoms with Gasteiger partial charge >= 0.3 is 12.1 Å². The molecule has 5 nitrogen and oxygen atoms in total. The van der Waals surface area contributed by atoms with E-state index in [1.54, 1.807) is 0 Å². The van der Waals surface area contributed by atoms with E-state index in [2.05, 4.69) is 6.58 Å². The molecular weight excluding hydrogens is 270 g/mol. The minimum absolute atomic E-state index is 0.140. The van der Waals surface area contributed by atoms with Crippen molar-refractivity contribution in [3.8, 4) is 0 Å². The minimum Gasteiger partial charge on any atom is -0.481 e. The number of carboxylic acids is 1. The molecule has 1 N–H and O–H groups in total. The Morgan fingerprint density at radius 2 is 2.10 bits per heavy atom. The quantitative estimate of drug-likeness (QED) is 0.866. The van der Waals surface area contributed by atoms with E-state index in [9.17, 15) is 14.7 Å². The number of ether oxygens (including phenoxy) is 1. The van der Waals surface area contributed by atoms with Crippen LogP contribution >= 0.6 is 0 Å². The summed E-state index contributed by atoms with van der Waals surface area (Å²) in [5, 5.41) is 9.40. The molecule has 1 saturated carbocycles. The van der Waals surface area contributed by atoms with E-state index in [0.29, 0.717) is 13.0 Å². The maximum absolute atomic E-state index is 12.1. The second-order valence-corrected chi connectivity index (χ2v) is 5.77. The smallest absolute Gasteiger partial charge is 0.410 e. The van der Waals surface area contributed by atoms with E-state index in [1.165, 1.54) is 4.90 Å². The van der Waals surface area contributed by atoms with Crippen LogP contribution in [-0.4, -0.2) is 35.2 Å². The molecule has 1 heterocycles. The van der Waals surface area contributed by atoms with Crippen molar-refractivity contribution in [1.29, 1.82) is 0 Å². The lowest BCUT2D eigenvalue weighted by Gasteiger charge is -2.41. The van der Waals surface area contributed by atoms with Crippen LogP contribution in [0.2, 0.25) is 0 Å². The van der Waals surface area contributed by atoms with Gasteiger partial charge in [-0.1, -0.05) is 42.5 Å². The highest BCUT2D eigenvalue weighted by atomic mass is 16.6. The molecule has 1 aromatic rings. The first-order valence-corrected chi connectivity index (χ1v) is 6.89. The van der Waals surface area contributed by atoms with Crippen LogP contribution in [0.1, 0.15) is 12.0 Å². The summed E-state index contributed by atoms with van der Waals surface area (Å²) >= 11 is 0. The van der Waals surface area contributed by atoms with Gasteiger partial charge in [-0.3, -0.25) is 4.79 Å². The standard InChI is InChI=1S/C16H17NO4/c1-11-7-16(14(18)19)10-17(8-13(11)16)15(20)21-9-12-5-3-2-4-6-12/h2-6,13H,1,7-10H2,(H,18,19)/t13-,16+/m0/s1. The first-order chi connectivity index (χ1) is 10.0. The molecule has 1 aromatic carbocycles. The third-order valence-corrected chi connectivity index (χ3v) is 4.47. The first-order valence-electron chi connectivity index (χ1n) is 6.89. The van der Waals surface area contributed by atoms with E-state index in [1.807, 2.05) is 30.3 Å². The number of rotatable bonds is 3. The van der Waals surface area contributed by atoms with Crippen LogP contribution in [0, 0.1) is 11.3 Å². The zero-order valence-electron chi connectivity index (χ0n) is 11.6. The highest BCUT2D eigenvalue weighted by Crippen LogP contribution is 2.55. The van der Waals surface area contributed by atoms with Crippen molar-refractivity contribution in [2.24, 2.45) is 11.3 Å². The summed E-state index contributed by atoms with van der Waals surface area (Å²) in [6.07, 6.45) is -0.00294. The Morgan fingerprint density at radius 3 is 2.67 bits per heavy atom. The second-order valence-electron chi connectivity index (χ2n) is 5.77. The summed E-state index contributed by atoms with van der Waals surface area (Å²) < 4.78 is 5.26. The summed E-state index contributed by atoms with van der Waals surface area (Å²) in [4.78, 5) is 25.0. The van der Waals surface area contributed by atoms with Crippen molar-refractivity contribution in [3.63, 3.8) is 0 Å². The van der Waals surface area contributed by atoms with Crippen molar-refractivity contribution < 1.29 is 19.4 Å². The molecule has 110 valence electrons. The molecule has 3 rings (SSSR count). The van der Waals surface area contributed by atoms with E-state index in [-0.39, 0.29) is 19.1 Å². The van der Waals surface area contributed by atoms with Gasteiger partial charge in [-0.25, -0.2) is 4.79 Å². The van der Waals surface area contributed by atoms with Crippen LogP contribution in [0.25, 0.3) is 0 Å². The number of carbonyl (C=O) groups is 2. The molecule has 5 heteroatoms. The summed E-state index contributed by atoms with van der Waals surface area (Å²) in [6.45, 7) is 4.67. The maximum Gasteiger partial charge on any atom is 0.410 e. The Hall–Kier alpha value is -2.30. The van der Waals surface area contributed by atoms with Gasteiger partial charge in [0.1, 0.15) is 6.61 Å². The monoisotopic (exact) mass is 287 g/mol. The van der Waals surface area contributed by atoms with Crippen molar-refractivity contribution in [1.82, 2.24) is 4.90 Å². The number of carbonyl (C=O) groups excluding carboxylic acids is 1. The molecule has 0 spiro atoms. The molecule has 0 radical (unpaired) electrons. The molecule has 2 atom stereocenters. The lowest BCUT2D eigenvalue weighted by molar-refractivity contribution is -0.153. The van der Waals surface area contributed by atoms with Gasteiger partial charge < -0.3 is 14.7 Å². The molecule has 2 fully saturated rings. The molecule has 0 unspecified atom stereocenters. The largest absolute Gasteiger partial charge is 0.481 e. The molecule has 1 saturated heterocycles. The number of hydrogen-bond donors (Lipinski definition) is 1. The molecule has 21 heavy (non-hydrogen) atoms. The molecular formula is C16H17NO4. The predicted octanol–water partition coefficient (Wildman–Crippen LogP) is 2.29. The van der Waals surface area contributed by atoms with Crippen molar-refractivity contribution in [2.45, 2.75) is 13.0 Å². The molecule has 1 amide bonds. The van der Waals surface area contributed by atoms with Crippen LogP contribution in [-0.2, 0) is 16.1 Å². The fourth-order valence-electron chi connectivity index (χ4n) is 3.25. The predicted molar refractivity (Wildman–Crippen MR) is 75.5 cm³/mol. The Bertz CT molecular complexity index is 598. The number of aliphatic carboxylic acids is 1. The minimum atomic E-state index is -0.849. The molecule has 1 aliphatic heterocycles. The molecule has 2 aliphatic rings. The number of carboxylic acid groups (broad SMARTS) is 1. The van der Waals surface area contributed by atoms with E-state index >= 15 is 0 Å². The number of amides is 1. The molecule has 0 aromatic heterocycles. The van der Waals surface area contributed by atoms with E-state index < -0.39 is 17.5 Å². The number of benzene rings is 1. The van der Waals surface area contributed by atoms with Crippen molar-refractivity contribution >= 4 is 12.1 Å². The van der Waals surface area contributed by atoms with Crippen LogP contribution in [0.15, 0.2) is 42.5 Å². The van der Waals surface area contributed by atoms with Gasteiger partial charge in [0.25, 0.3) is 0 Å². The van der Waals surface area contributed by atoms with Crippen LogP contribution in [0.4, 0.5) is 4.79 Å². The maximum atomic E-state index is 12.1. The average molecular weight is 287 g/mol. The zero-order valence-corrected chi connectivity index (χ0v) is 11.6. The number of nitrogens with zero attached hydrogens (tertiary/aromatic N) is 1. The third-order valence-electron chi connectivity index (χ3n) is 4.47.